The van der Waals surface area contributed by atoms with Crippen LogP contribution in [0.2, 0.25) is 8.87 Å². The molecule has 2 saturated carbocycles. The molecule has 0 N–H and O–H groups in total. The molecule has 0 unspecified atom stereocenters. The van der Waals surface area contributed by atoms with Gasteiger partial charge < -0.3 is 0 Å². The van der Waals surface area contributed by atoms with E-state index in [-0.39, 0.29) is 46.9 Å². The molecular formula is C26H38O6Sn. The number of carbonyl (C=O) groups is 2. The SMILES string of the molecule is C=C1OC(=O)C2=C1O[C@@H]1[C@H]3[O][Sn]([CH2]CCC)([CH2]CCC)[O][C@]34CCCC[C@H]4[C@](C)(C2=O)[C@@H]1C. The first kappa shape index (κ1) is 23.9. The van der Waals surface area contributed by atoms with Crippen LogP contribution in [0.15, 0.2) is 23.7 Å². The molecule has 2 aliphatic carbocycles. The van der Waals surface area contributed by atoms with Crippen LogP contribution in [0.25, 0.3) is 0 Å². The average Bonchev–Trinajstić information content (AvgIpc) is 3.24. The molecule has 0 aromatic rings. The minimum atomic E-state index is -3.41. The van der Waals surface area contributed by atoms with Crippen LogP contribution in [0, 0.1) is 17.3 Å². The van der Waals surface area contributed by atoms with Crippen molar-refractivity contribution in [2.45, 2.75) is 106 Å². The Labute approximate surface area is 202 Å². The quantitative estimate of drug-likeness (QED) is 0.247. The van der Waals surface area contributed by atoms with E-state index in [1.54, 1.807) is 0 Å². The fourth-order valence-corrected chi connectivity index (χ4v) is 19.9. The van der Waals surface area contributed by atoms with Crippen LogP contribution >= 0.6 is 0 Å². The molecule has 6 atom stereocenters. The number of hydrogen-bond donors (Lipinski definition) is 0. The first-order chi connectivity index (χ1) is 15.7. The van der Waals surface area contributed by atoms with Crippen molar-refractivity contribution in [3.63, 3.8) is 0 Å². The van der Waals surface area contributed by atoms with Crippen molar-refractivity contribution < 1.29 is 25.2 Å². The van der Waals surface area contributed by atoms with Gasteiger partial charge in [-0.1, -0.05) is 0 Å². The molecule has 2 bridgehead atoms. The molecule has 6 nitrogen and oxygen atoms in total. The Bertz CT molecular complexity index is 902. The van der Waals surface area contributed by atoms with E-state index in [1.807, 2.05) is 6.92 Å². The Balaban J connectivity index is 1.65. The van der Waals surface area contributed by atoms with E-state index >= 15 is 0 Å². The monoisotopic (exact) mass is 566 g/mol. The van der Waals surface area contributed by atoms with Gasteiger partial charge in [0.05, 0.1) is 0 Å². The second-order valence-corrected chi connectivity index (χ2v) is 20.3. The van der Waals surface area contributed by atoms with E-state index in [0.29, 0.717) is 0 Å². The van der Waals surface area contributed by atoms with Gasteiger partial charge in [0.2, 0.25) is 0 Å². The molecule has 3 aliphatic heterocycles. The third-order valence-electron chi connectivity index (χ3n) is 9.25. The number of esters is 1. The van der Waals surface area contributed by atoms with Crippen LogP contribution in [0.1, 0.15) is 79.1 Å². The molecular weight excluding hydrogens is 527 g/mol. The van der Waals surface area contributed by atoms with E-state index in [4.69, 9.17) is 15.6 Å². The van der Waals surface area contributed by atoms with Crippen molar-refractivity contribution >= 4 is 31.0 Å². The van der Waals surface area contributed by atoms with E-state index in [9.17, 15) is 9.59 Å². The summed E-state index contributed by atoms with van der Waals surface area (Å²) in [7, 11) is 0. The van der Waals surface area contributed by atoms with Gasteiger partial charge in [-0.25, -0.2) is 0 Å². The van der Waals surface area contributed by atoms with Crippen molar-refractivity contribution in [2.75, 3.05) is 0 Å². The summed E-state index contributed by atoms with van der Waals surface area (Å²) in [5, 5.41) is 0. The number of ether oxygens (including phenoxy) is 2. The van der Waals surface area contributed by atoms with Crippen LogP contribution in [-0.4, -0.2) is 48.8 Å². The fourth-order valence-electron chi connectivity index (χ4n) is 7.40. The third kappa shape index (κ3) is 3.25. The Hall–Kier alpha value is -0.861. The summed E-state index contributed by atoms with van der Waals surface area (Å²) in [6.45, 7) is 12.5. The van der Waals surface area contributed by atoms with E-state index in [1.165, 1.54) is 0 Å². The van der Waals surface area contributed by atoms with Crippen LogP contribution in [0.3, 0.4) is 0 Å². The molecule has 0 amide bonds. The summed E-state index contributed by atoms with van der Waals surface area (Å²) in [6.07, 6.45) is 7.92. The van der Waals surface area contributed by atoms with Crippen molar-refractivity contribution in [1.82, 2.24) is 0 Å². The second kappa shape index (κ2) is 8.37. The zero-order chi connectivity index (χ0) is 23.6. The first-order valence-corrected chi connectivity index (χ1v) is 19.4. The van der Waals surface area contributed by atoms with Gasteiger partial charge in [0, 0.05) is 0 Å². The van der Waals surface area contributed by atoms with Gasteiger partial charge in [-0.05, 0) is 0 Å². The van der Waals surface area contributed by atoms with Crippen LogP contribution in [-0.2, 0) is 25.2 Å². The van der Waals surface area contributed by atoms with Gasteiger partial charge in [0.1, 0.15) is 0 Å². The Morgan fingerprint density at radius 3 is 2.48 bits per heavy atom. The van der Waals surface area contributed by atoms with Crippen LogP contribution < -0.4 is 0 Å². The summed E-state index contributed by atoms with van der Waals surface area (Å²) in [6, 6.07) is 0. The first-order valence-electron chi connectivity index (χ1n) is 13.0. The standard InChI is InChI=1S/C18H20O6.2C4H9.Sn/c1-8-12-15(20)18(22)7-5-4-6-10(18)17(8,3)14(19)11-13(24-12)9(2)23-16(11)21;2*1-3-4-2;/h8,10,12,15H,2,4-7H2,1,3H3;2*1,3-4H2,2H3;/q-2;;;+2/t8-,10+,12+,15-,17-,18+;;;/m1.../s1. The third-order valence-corrected chi connectivity index (χ3v) is 19.7. The van der Waals surface area contributed by atoms with Gasteiger partial charge in [-0.15, -0.1) is 0 Å². The predicted molar refractivity (Wildman–Crippen MR) is 125 cm³/mol. The summed E-state index contributed by atoms with van der Waals surface area (Å²) in [4.78, 5) is 26.8. The zero-order valence-corrected chi connectivity index (χ0v) is 23.4. The van der Waals surface area contributed by atoms with Crippen LogP contribution in [0.5, 0.6) is 0 Å². The number of carbonyl (C=O) groups excluding carboxylic acids is 2. The molecule has 182 valence electrons. The molecule has 5 rings (SSSR count). The summed E-state index contributed by atoms with van der Waals surface area (Å²) in [5.41, 5.74) is -1.20. The van der Waals surface area contributed by atoms with Gasteiger partial charge in [0.15, 0.2) is 0 Å². The number of hydrogen-bond acceptors (Lipinski definition) is 6. The van der Waals surface area contributed by atoms with Gasteiger partial charge >= 0.3 is 203 Å². The summed E-state index contributed by atoms with van der Waals surface area (Å²) in [5.74, 6) is -0.481. The summed E-state index contributed by atoms with van der Waals surface area (Å²) >= 11 is -3.41. The van der Waals surface area contributed by atoms with E-state index in [0.717, 1.165) is 60.2 Å². The number of fused-ring (bicyclic) bond motifs is 4. The number of Topliss-reactive ketones (excluding diaryl/α,β-unsaturated/α-hetero) is 1. The number of cyclic esters (lactones) is 1. The number of ketones is 1. The molecule has 33 heavy (non-hydrogen) atoms. The molecule has 3 fully saturated rings. The van der Waals surface area contributed by atoms with Gasteiger partial charge in [-0.3, -0.25) is 0 Å². The van der Waals surface area contributed by atoms with Gasteiger partial charge in [-0.2, -0.15) is 0 Å². The summed E-state index contributed by atoms with van der Waals surface area (Å²) < 4.78 is 28.5. The normalized spacial score (nSPS) is 41.2. The predicted octanol–water partition coefficient (Wildman–Crippen LogP) is 5.32. The Morgan fingerprint density at radius 1 is 1.12 bits per heavy atom. The molecule has 1 saturated heterocycles. The number of unbranched alkanes of at least 4 members (excludes halogenated alkanes) is 2. The second-order valence-electron chi connectivity index (χ2n) is 11.0. The molecule has 1 spiro atoms. The molecule has 3 heterocycles. The Kier molecular flexibility index (Phi) is 6.05. The van der Waals surface area contributed by atoms with Crippen molar-refractivity contribution in [3.8, 4) is 0 Å². The molecule has 5 aliphatic rings. The van der Waals surface area contributed by atoms with Crippen molar-refractivity contribution in [2.24, 2.45) is 17.3 Å². The van der Waals surface area contributed by atoms with Crippen LogP contribution in [0.4, 0.5) is 0 Å². The van der Waals surface area contributed by atoms with Gasteiger partial charge in [0.25, 0.3) is 0 Å². The van der Waals surface area contributed by atoms with Crippen molar-refractivity contribution in [3.05, 3.63) is 23.7 Å². The molecule has 0 radical (unpaired) electrons. The molecule has 7 heteroatoms. The Morgan fingerprint density at radius 2 is 1.82 bits per heavy atom. The van der Waals surface area contributed by atoms with Crippen molar-refractivity contribution in [1.29, 1.82) is 0 Å². The maximum absolute atomic E-state index is 14.1. The average molecular weight is 565 g/mol. The maximum atomic E-state index is 14.1. The topological polar surface area (TPSA) is 71.1 Å². The van der Waals surface area contributed by atoms with E-state index in [2.05, 4.69) is 27.4 Å². The zero-order valence-electron chi connectivity index (χ0n) is 20.5. The minimum absolute atomic E-state index is 0.0152. The van der Waals surface area contributed by atoms with E-state index < -0.39 is 36.2 Å². The fraction of sp³-hybridized carbons (Fsp3) is 0.769. The molecule has 0 aromatic carbocycles. The molecule has 0 aromatic heterocycles. The number of rotatable bonds is 6.